The zero-order chi connectivity index (χ0) is 39.8. The fraction of sp³-hybridized carbons (Fsp3) is 0.571. The number of hydrogen-bond donors (Lipinski definition) is 3. The first kappa shape index (κ1) is 46.0. The van der Waals surface area contributed by atoms with Gasteiger partial charge in [0.15, 0.2) is 24.1 Å². The van der Waals surface area contributed by atoms with E-state index in [-0.39, 0.29) is 40.6 Å². The van der Waals surface area contributed by atoms with Crippen LogP contribution in [0.1, 0.15) is 92.3 Å². The van der Waals surface area contributed by atoms with Crippen LogP contribution >= 0.6 is 11.3 Å². The number of aromatic nitrogens is 3. The van der Waals surface area contributed by atoms with Gasteiger partial charge in [-0.1, -0.05) is 17.3 Å². The van der Waals surface area contributed by atoms with Gasteiger partial charge in [-0.05, 0) is 74.8 Å². The molecule has 0 spiro atoms. The first-order chi connectivity index (χ1) is 24.5. The molecule has 300 valence electrons. The van der Waals surface area contributed by atoms with Gasteiger partial charge in [0, 0.05) is 11.9 Å². The maximum atomic E-state index is 17.2. The Morgan fingerprint density at radius 1 is 1.06 bits per heavy atom. The molecule has 2 unspecified atom stereocenters. The van der Waals surface area contributed by atoms with Crippen molar-refractivity contribution in [2.45, 2.75) is 110 Å². The molecule has 2 heterocycles. The summed E-state index contributed by atoms with van der Waals surface area (Å²) in [6.07, 6.45) is 7.03. The number of aryl methyl sites for hydroxylation is 2. The molecular weight excluding hydrogens is 842 g/mol. The first-order valence-electron chi connectivity index (χ1n) is 16.9. The summed E-state index contributed by atoms with van der Waals surface area (Å²) >= 11 is 0.910. The van der Waals surface area contributed by atoms with E-state index in [0.29, 0.717) is 25.1 Å². The zero-order valence-corrected chi connectivity index (χ0v) is 35.1. The quantitative estimate of drug-likeness (QED) is 0.0631. The fourth-order valence-electron chi connectivity index (χ4n) is 4.73. The highest BCUT2D eigenvalue weighted by Crippen LogP contribution is 2.44. The predicted molar refractivity (Wildman–Crippen MR) is 192 cm³/mol. The van der Waals surface area contributed by atoms with Crippen LogP contribution in [-0.4, -0.2) is 80.4 Å². The van der Waals surface area contributed by atoms with Crippen LogP contribution in [0.5, 0.6) is 0 Å². The number of halogens is 2. The number of alkyl halides is 1. The number of nitrogens with zero attached hydrogens (tertiary/aromatic N) is 4. The lowest BCUT2D eigenvalue weighted by Gasteiger charge is -2.37. The van der Waals surface area contributed by atoms with Gasteiger partial charge in [-0.2, -0.15) is 4.68 Å². The van der Waals surface area contributed by atoms with Gasteiger partial charge in [0.2, 0.25) is 5.71 Å². The normalized spacial score (nSPS) is 17.5. The minimum Gasteiger partial charge on any atom is -1.00 e. The third kappa shape index (κ3) is 14.6. The number of anilines is 1. The number of carbonyl (C=O) groups excluding carboxylic acids is 3. The summed E-state index contributed by atoms with van der Waals surface area (Å²) in [4.78, 5) is 57.4. The molecule has 0 saturated carbocycles. The number of rotatable bonds is 14. The number of hydrogen-bond acceptors (Lipinski definition) is 12. The van der Waals surface area contributed by atoms with Gasteiger partial charge in [0.05, 0.1) is 37.3 Å². The predicted octanol–water partition coefficient (Wildman–Crippen LogP) is 2.49. The average Bonchev–Trinajstić information content (AvgIpc) is 3.59. The van der Waals surface area contributed by atoms with Gasteiger partial charge in [-0.15, -0.1) is 16.0 Å². The van der Waals surface area contributed by atoms with Crippen molar-refractivity contribution < 1.29 is 81.1 Å². The highest BCUT2D eigenvalue weighted by molar-refractivity contribution is 7.14. The summed E-state index contributed by atoms with van der Waals surface area (Å²) < 4.78 is 43.0. The van der Waals surface area contributed by atoms with E-state index in [4.69, 9.17) is 23.8 Å². The Bertz CT molecular complexity index is 1740. The fourth-order valence-corrected chi connectivity index (χ4v) is 5.41. The molecule has 2 atom stereocenters. The number of alkyl carbamates (subject to hydrolysis) is 1. The van der Waals surface area contributed by atoms with E-state index in [1.165, 1.54) is 11.5 Å². The number of ether oxygens (including phenoxy) is 4. The number of nitrogens with one attached hydrogen (secondary N) is 2. The Kier molecular flexibility index (Phi) is 16.2. The summed E-state index contributed by atoms with van der Waals surface area (Å²) in [5.74, 6) is -6.19. The molecule has 3 rings (SSSR count). The van der Waals surface area contributed by atoms with E-state index in [1.807, 2.05) is 4.68 Å². The molecule has 0 fully saturated rings. The van der Waals surface area contributed by atoms with Crippen LogP contribution in [0.15, 0.2) is 46.9 Å². The second-order valence-electron chi connectivity index (χ2n) is 15.0. The lowest BCUT2D eigenvalue weighted by Crippen LogP contribution is -3.00. The average molecular weight is 893 g/mol. The molecule has 0 aromatic carbocycles. The number of thiazole rings is 1. The SMILES string of the molecule is C[n+]1cc(C2C=CC=C(OC(C)(C)C)C2(F)OCCC(=O)ON=C(C(=O)O)c2csc(NC(=O)OC(C)(C)C)n2)cn1CCCNC(=O)OC(C)(C)C.[I-]. The molecule has 19 heteroatoms. The van der Waals surface area contributed by atoms with Gasteiger partial charge in [0.25, 0.3) is 5.85 Å². The van der Waals surface area contributed by atoms with E-state index in [1.54, 1.807) is 98.6 Å². The van der Waals surface area contributed by atoms with E-state index < -0.39 is 71.4 Å². The molecule has 0 aliphatic heterocycles. The highest BCUT2D eigenvalue weighted by Gasteiger charge is 2.49. The van der Waals surface area contributed by atoms with Crippen molar-refractivity contribution in [1.29, 1.82) is 0 Å². The van der Waals surface area contributed by atoms with Crippen LogP contribution in [-0.2, 0) is 47.0 Å². The van der Waals surface area contributed by atoms with Crippen molar-refractivity contribution in [3.63, 3.8) is 0 Å². The molecule has 1 aliphatic carbocycles. The minimum atomic E-state index is -2.55. The summed E-state index contributed by atoms with van der Waals surface area (Å²) in [5, 5.41) is 19.6. The standard InChI is InChI=1S/C35H49FN6O10S.HI/c1-32(2,3)49-25-14-11-13-23(22-19-41(10)42(20-22)17-12-16-37-30(46)50-33(4,5)6)35(25,36)48-18-15-26(43)52-40-27(28(44)45)24-21-53-29(38-24)39-31(47)51-34(7,8)9;/h11,13-14,19-21,23H,12,15-18H2,1-10H3,(H2-,37,38,39,44,45,46,47);1H. The molecule has 0 radical (unpaired) electrons. The van der Waals surface area contributed by atoms with Crippen LogP contribution in [0.25, 0.3) is 0 Å². The molecule has 54 heavy (non-hydrogen) atoms. The van der Waals surface area contributed by atoms with Gasteiger partial charge in [-0.25, -0.2) is 28.6 Å². The maximum Gasteiger partial charge on any atom is 0.413 e. The van der Waals surface area contributed by atoms with Crippen molar-refractivity contribution in [2.24, 2.45) is 12.2 Å². The van der Waals surface area contributed by atoms with Gasteiger partial charge in [-0.3, -0.25) is 5.32 Å². The van der Waals surface area contributed by atoms with Crippen LogP contribution in [0.4, 0.5) is 19.1 Å². The number of oxime groups is 1. The number of aliphatic carboxylic acids is 1. The first-order valence-corrected chi connectivity index (χ1v) is 17.7. The molecule has 2 amide bonds. The zero-order valence-electron chi connectivity index (χ0n) is 32.2. The molecule has 0 saturated heterocycles. The molecule has 2 aromatic rings. The van der Waals surface area contributed by atoms with Crippen LogP contribution in [0.2, 0.25) is 0 Å². The summed E-state index contributed by atoms with van der Waals surface area (Å²) in [6.45, 7) is 16.0. The Morgan fingerprint density at radius 2 is 1.70 bits per heavy atom. The molecular formula is C35H50FIN6O10S. The number of carboxylic acid groups (broad SMARTS) is 1. The summed E-state index contributed by atoms with van der Waals surface area (Å²) in [5.41, 5.74) is -2.49. The lowest BCUT2D eigenvalue weighted by molar-refractivity contribution is -0.753. The minimum absolute atomic E-state index is 0. The van der Waals surface area contributed by atoms with E-state index in [2.05, 4.69) is 20.8 Å². The Hall–Kier alpha value is -4.11. The topological polar surface area (TPSA) is 193 Å². The van der Waals surface area contributed by atoms with E-state index in [0.717, 1.165) is 11.3 Å². The number of amides is 2. The largest absolute Gasteiger partial charge is 1.00 e. The number of carboxylic acids is 1. The molecule has 2 aromatic heterocycles. The third-order valence-electron chi connectivity index (χ3n) is 6.75. The van der Waals surface area contributed by atoms with Crippen molar-refractivity contribution in [2.75, 3.05) is 18.5 Å². The van der Waals surface area contributed by atoms with Crippen molar-refractivity contribution >= 4 is 46.3 Å². The monoisotopic (exact) mass is 892 g/mol. The summed E-state index contributed by atoms with van der Waals surface area (Å²) in [6, 6.07) is 0. The van der Waals surface area contributed by atoms with Crippen LogP contribution in [0, 0.1) is 0 Å². The highest BCUT2D eigenvalue weighted by atomic mass is 127. The lowest BCUT2D eigenvalue weighted by atomic mass is 9.88. The second-order valence-corrected chi connectivity index (χ2v) is 15.9. The number of carbonyl (C=O) groups is 4. The van der Waals surface area contributed by atoms with Gasteiger partial charge in [0.1, 0.15) is 22.5 Å². The van der Waals surface area contributed by atoms with E-state index in [9.17, 15) is 24.3 Å². The molecule has 16 nitrogen and oxygen atoms in total. The van der Waals surface area contributed by atoms with Crippen molar-refractivity contribution in [3.05, 3.63) is 53.0 Å². The Balaban J connectivity index is 0.0000101. The van der Waals surface area contributed by atoms with Crippen LogP contribution < -0.4 is 39.3 Å². The molecule has 1 aliphatic rings. The van der Waals surface area contributed by atoms with Crippen LogP contribution in [0.3, 0.4) is 0 Å². The Labute approximate surface area is 335 Å². The molecule has 3 N–H and O–H groups in total. The van der Waals surface area contributed by atoms with E-state index >= 15 is 4.39 Å². The Morgan fingerprint density at radius 3 is 2.31 bits per heavy atom. The number of allylic oxidation sites excluding steroid dienone is 2. The van der Waals surface area contributed by atoms with Crippen molar-refractivity contribution in [3.8, 4) is 0 Å². The smallest absolute Gasteiger partial charge is 0.413 e. The van der Waals surface area contributed by atoms with Gasteiger partial charge >= 0.3 is 24.1 Å². The third-order valence-corrected chi connectivity index (χ3v) is 7.51. The second kappa shape index (κ2) is 19.0. The van der Waals surface area contributed by atoms with Gasteiger partial charge < -0.3 is 58.2 Å². The van der Waals surface area contributed by atoms with Crippen molar-refractivity contribution in [1.82, 2.24) is 15.0 Å². The molecule has 0 bridgehead atoms. The summed E-state index contributed by atoms with van der Waals surface area (Å²) in [7, 11) is 1.80. The maximum absolute atomic E-state index is 17.2.